The minimum absolute atomic E-state index is 0.135. The van der Waals surface area contributed by atoms with E-state index in [1.807, 2.05) is 49.4 Å². The lowest BCUT2D eigenvalue weighted by molar-refractivity contribution is 0.0951. The lowest BCUT2D eigenvalue weighted by Gasteiger charge is -2.08. The first kappa shape index (κ1) is 15.7. The van der Waals surface area contributed by atoms with Gasteiger partial charge in [-0.2, -0.15) is 0 Å². The second-order valence-corrected chi connectivity index (χ2v) is 5.45. The molecule has 1 heterocycles. The predicted octanol–water partition coefficient (Wildman–Crippen LogP) is 2.96. The van der Waals surface area contributed by atoms with E-state index in [0.29, 0.717) is 17.8 Å². The van der Waals surface area contributed by atoms with Crippen LogP contribution in [-0.4, -0.2) is 15.9 Å². The van der Waals surface area contributed by atoms with Gasteiger partial charge in [0.15, 0.2) is 0 Å². The lowest BCUT2D eigenvalue weighted by Crippen LogP contribution is -2.23. The van der Waals surface area contributed by atoms with Gasteiger partial charge in [-0.05, 0) is 36.8 Å². The van der Waals surface area contributed by atoms with E-state index in [1.54, 1.807) is 18.3 Å². The highest BCUT2D eigenvalue weighted by Crippen LogP contribution is 2.17. The number of nitrogens with one attached hydrogen (secondary N) is 1. The Balaban J connectivity index is 1.69. The van der Waals surface area contributed by atoms with Crippen molar-refractivity contribution in [2.75, 3.05) is 5.73 Å². The predicted molar refractivity (Wildman–Crippen MR) is 94.2 cm³/mol. The summed E-state index contributed by atoms with van der Waals surface area (Å²) in [6, 6.07) is 16.7. The molecule has 0 saturated carbocycles. The highest BCUT2D eigenvalue weighted by Gasteiger charge is 2.07. The number of carbonyl (C=O) groups excluding carboxylic acids is 1. The monoisotopic (exact) mass is 318 g/mol. The molecule has 0 atom stereocenters. The lowest BCUT2D eigenvalue weighted by atomic mass is 10.1. The van der Waals surface area contributed by atoms with E-state index in [1.165, 1.54) is 0 Å². The van der Waals surface area contributed by atoms with Gasteiger partial charge in [-0.15, -0.1) is 0 Å². The number of hydrogen-bond acceptors (Lipinski definition) is 4. The van der Waals surface area contributed by atoms with E-state index >= 15 is 0 Å². The summed E-state index contributed by atoms with van der Waals surface area (Å²) in [5.74, 6) is 0.582. The number of para-hydroxylation sites is 1. The van der Waals surface area contributed by atoms with Crippen LogP contribution in [0.4, 0.5) is 5.69 Å². The molecular formula is C19H18N4O. The molecule has 24 heavy (non-hydrogen) atoms. The maximum Gasteiger partial charge on any atom is 0.251 e. The average Bonchev–Trinajstić information content (AvgIpc) is 2.61. The quantitative estimate of drug-likeness (QED) is 0.725. The summed E-state index contributed by atoms with van der Waals surface area (Å²) >= 11 is 0. The van der Waals surface area contributed by atoms with Crippen LogP contribution in [0.25, 0.3) is 11.3 Å². The van der Waals surface area contributed by atoms with Gasteiger partial charge in [0.25, 0.3) is 5.91 Å². The van der Waals surface area contributed by atoms with Crippen LogP contribution < -0.4 is 11.1 Å². The number of aromatic nitrogens is 2. The normalized spacial score (nSPS) is 10.4. The maximum atomic E-state index is 12.3. The summed E-state index contributed by atoms with van der Waals surface area (Å²) in [6.07, 6.45) is 1.72. The molecule has 3 rings (SSSR count). The van der Waals surface area contributed by atoms with Crippen molar-refractivity contribution in [2.24, 2.45) is 0 Å². The number of hydrogen-bond donors (Lipinski definition) is 2. The number of nitrogens with two attached hydrogens (primary N) is 1. The summed E-state index contributed by atoms with van der Waals surface area (Å²) in [7, 11) is 0. The zero-order valence-electron chi connectivity index (χ0n) is 13.4. The molecule has 0 unspecified atom stereocenters. The Hall–Kier alpha value is -3.21. The van der Waals surface area contributed by atoms with Crippen LogP contribution in [0.2, 0.25) is 0 Å². The van der Waals surface area contributed by atoms with Gasteiger partial charge in [-0.25, -0.2) is 9.97 Å². The van der Waals surface area contributed by atoms with E-state index in [9.17, 15) is 4.79 Å². The second-order valence-electron chi connectivity index (χ2n) is 5.45. The van der Waals surface area contributed by atoms with Gasteiger partial charge in [-0.1, -0.05) is 30.3 Å². The largest absolute Gasteiger partial charge is 0.398 e. The van der Waals surface area contributed by atoms with Crippen LogP contribution in [0.5, 0.6) is 0 Å². The van der Waals surface area contributed by atoms with Gasteiger partial charge in [-0.3, -0.25) is 4.79 Å². The van der Waals surface area contributed by atoms with Crippen LogP contribution in [0, 0.1) is 6.92 Å². The molecule has 0 fully saturated rings. The average molecular weight is 318 g/mol. The topological polar surface area (TPSA) is 80.9 Å². The van der Waals surface area contributed by atoms with Crippen molar-refractivity contribution in [3.05, 3.63) is 77.7 Å². The molecule has 3 aromatic rings. The Bertz CT molecular complexity index is 859. The van der Waals surface area contributed by atoms with Crippen LogP contribution >= 0.6 is 0 Å². The van der Waals surface area contributed by atoms with Gasteiger partial charge in [0.1, 0.15) is 5.82 Å². The molecule has 2 aromatic carbocycles. The standard InChI is InChI=1S/C19H18N4O/c1-13-21-11-10-18(23-13)14-6-8-15(9-7-14)19(24)22-12-16-4-2-3-5-17(16)20/h2-11H,12,20H2,1H3,(H,22,24). The van der Waals surface area contributed by atoms with E-state index in [-0.39, 0.29) is 5.91 Å². The smallest absolute Gasteiger partial charge is 0.251 e. The highest BCUT2D eigenvalue weighted by molar-refractivity contribution is 5.94. The van der Waals surface area contributed by atoms with Gasteiger partial charge >= 0.3 is 0 Å². The van der Waals surface area contributed by atoms with Gasteiger partial charge < -0.3 is 11.1 Å². The first-order chi connectivity index (χ1) is 11.6. The minimum atomic E-state index is -0.135. The number of aryl methyl sites for hydroxylation is 1. The van der Waals surface area contributed by atoms with Crippen molar-refractivity contribution in [2.45, 2.75) is 13.5 Å². The number of anilines is 1. The Morgan fingerprint density at radius 2 is 1.83 bits per heavy atom. The Morgan fingerprint density at radius 3 is 2.54 bits per heavy atom. The molecule has 5 heteroatoms. The third-order valence-electron chi connectivity index (χ3n) is 3.71. The Kier molecular flexibility index (Phi) is 4.52. The molecule has 0 aliphatic heterocycles. The van der Waals surface area contributed by atoms with Crippen molar-refractivity contribution in [1.29, 1.82) is 0 Å². The van der Waals surface area contributed by atoms with Crippen LogP contribution in [0.3, 0.4) is 0 Å². The zero-order valence-corrected chi connectivity index (χ0v) is 13.4. The first-order valence-electron chi connectivity index (χ1n) is 7.65. The van der Waals surface area contributed by atoms with Gasteiger partial charge in [0.2, 0.25) is 0 Å². The van der Waals surface area contributed by atoms with Crippen LogP contribution in [0.15, 0.2) is 60.8 Å². The molecular weight excluding hydrogens is 300 g/mol. The number of benzene rings is 2. The molecule has 120 valence electrons. The maximum absolute atomic E-state index is 12.3. The number of nitrogen functional groups attached to an aromatic ring is 1. The number of nitrogens with zero attached hydrogens (tertiary/aromatic N) is 2. The van der Waals surface area contributed by atoms with Crippen LogP contribution in [-0.2, 0) is 6.54 Å². The van der Waals surface area contributed by atoms with Crippen molar-refractivity contribution >= 4 is 11.6 Å². The molecule has 0 radical (unpaired) electrons. The molecule has 0 bridgehead atoms. The summed E-state index contributed by atoms with van der Waals surface area (Å²) in [4.78, 5) is 20.7. The third-order valence-corrected chi connectivity index (χ3v) is 3.71. The molecule has 0 aliphatic rings. The fourth-order valence-corrected chi connectivity index (χ4v) is 2.38. The van der Waals surface area contributed by atoms with Crippen LogP contribution in [0.1, 0.15) is 21.7 Å². The number of amides is 1. The first-order valence-corrected chi connectivity index (χ1v) is 7.65. The van der Waals surface area contributed by atoms with E-state index in [4.69, 9.17) is 5.73 Å². The highest BCUT2D eigenvalue weighted by atomic mass is 16.1. The fourth-order valence-electron chi connectivity index (χ4n) is 2.38. The SMILES string of the molecule is Cc1nccc(-c2ccc(C(=O)NCc3ccccc3N)cc2)n1. The summed E-state index contributed by atoms with van der Waals surface area (Å²) in [5, 5.41) is 2.88. The molecule has 3 N–H and O–H groups in total. The summed E-state index contributed by atoms with van der Waals surface area (Å²) in [6.45, 7) is 2.25. The third kappa shape index (κ3) is 3.57. The van der Waals surface area contributed by atoms with E-state index in [0.717, 1.165) is 22.6 Å². The number of rotatable bonds is 4. The molecule has 0 saturated heterocycles. The van der Waals surface area contributed by atoms with Gasteiger partial charge in [0, 0.05) is 29.6 Å². The molecule has 0 aliphatic carbocycles. The molecule has 1 amide bonds. The van der Waals surface area contributed by atoms with Crippen molar-refractivity contribution in [3.8, 4) is 11.3 Å². The molecule has 5 nitrogen and oxygen atoms in total. The molecule has 0 spiro atoms. The fraction of sp³-hybridized carbons (Fsp3) is 0.105. The summed E-state index contributed by atoms with van der Waals surface area (Å²) in [5.41, 5.74) is 9.84. The Labute approximate surface area is 140 Å². The van der Waals surface area contributed by atoms with E-state index in [2.05, 4.69) is 15.3 Å². The van der Waals surface area contributed by atoms with Crippen molar-refractivity contribution in [1.82, 2.24) is 15.3 Å². The Morgan fingerprint density at radius 1 is 1.08 bits per heavy atom. The summed E-state index contributed by atoms with van der Waals surface area (Å²) < 4.78 is 0. The number of carbonyl (C=O) groups is 1. The molecule has 1 aromatic heterocycles. The van der Waals surface area contributed by atoms with E-state index < -0.39 is 0 Å². The zero-order chi connectivity index (χ0) is 16.9. The van der Waals surface area contributed by atoms with Gasteiger partial charge in [0.05, 0.1) is 5.69 Å². The second kappa shape index (κ2) is 6.91. The van der Waals surface area contributed by atoms with Crippen molar-refractivity contribution < 1.29 is 4.79 Å². The van der Waals surface area contributed by atoms with Crippen molar-refractivity contribution in [3.63, 3.8) is 0 Å². The minimum Gasteiger partial charge on any atom is -0.398 e.